The molecule has 1 aromatic rings. The zero-order valence-electron chi connectivity index (χ0n) is 9.28. The van der Waals surface area contributed by atoms with Crippen LogP contribution in [0, 0.1) is 0 Å². The molecule has 0 aliphatic carbocycles. The largest absolute Gasteiger partial charge is 0.394 e. The van der Waals surface area contributed by atoms with E-state index in [0.29, 0.717) is 6.29 Å². The van der Waals surface area contributed by atoms with E-state index in [1.54, 1.807) is 0 Å². The minimum Gasteiger partial charge on any atom is -0.394 e. The molecule has 0 saturated carbocycles. The Kier molecular flexibility index (Phi) is 3.41. The lowest BCUT2D eigenvalue weighted by Gasteiger charge is -2.15. The number of nitrogens with zero attached hydrogens (tertiary/aromatic N) is 1. The Balaban J connectivity index is 2.44. The van der Waals surface area contributed by atoms with Gasteiger partial charge in [-0.15, -0.1) is 0 Å². The van der Waals surface area contributed by atoms with Crippen LogP contribution in [-0.4, -0.2) is 44.9 Å². The van der Waals surface area contributed by atoms with Crippen LogP contribution < -0.4 is 11.2 Å². The van der Waals surface area contributed by atoms with E-state index in [1.165, 1.54) is 0 Å². The maximum Gasteiger partial charge on any atom is 0.331 e. The molecule has 1 fully saturated rings. The first-order valence-electron chi connectivity index (χ1n) is 5.32. The monoisotopic (exact) mass is 256 g/mol. The van der Waals surface area contributed by atoms with Crippen molar-refractivity contribution in [1.82, 2.24) is 9.55 Å². The summed E-state index contributed by atoms with van der Waals surface area (Å²) in [5, 5.41) is 18.5. The molecular weight excluding hydrogens is 244 g/mol. The summed E-state index contributed by atoms with van der Waals surface area (Å²) in [4.78, 5) is 35.5. The summed E-state index contributed by atoms with van der Waals surface area (Å²) in [6.07, 6.45) is -2.22. The number of H-pyrrole nitrogens is 1. The molecule has 3 atom stereocenters. The Morgan fingerprint density at radius 1 is 1.56 bits per heavy atom. The second-order valence-corrected chi connectivity index (χ2v) is 3.97. The number of carbonyl (C=O) groups excluding carboxylic acids is 1. The van der Waals surface area contributed by atoms with E-state index in [9.17, 15) is 19.5 Å². The van der Waals surface area contributed by atoms with Gasteiger partial charge in [0.1, 0.15) is 12.3 Å². The Bertz CT molecular complexity index is 562. The average molecular weight is 256 g/mol. The molecule has 1 aliphatic heterocycles. The van der Waals surface area contributed by atoms with Crippen LogP contribution >= 0.6 is 0 Å². The zero-order valence-corrected chi connectivity index (χ0v) is 9.28. The first-order valence-corrected chi connectivity index (χ1v) is 5.32. The maximum atomic E-state index is 11.6. The molecule has 98 valence electrons. The number of hydrogen-bond acceptors (Lipinski definition) is 6. The molecule has 1 saturated heterocycles. The fourth-order valence-corrected chi connectivity index (χ4v) is 1.95. The van der Waals surface area contributed by atoms with Crippen molar-refractivity contribution in [2.75, 3.05) is 6.61 Å². The lowest BCUT2D eigenvalue weighted by atomic mass is 10.2. The van der Waals surface area contributed by atoms with Gasteiger partial charge in [-0.3, -0.25) is 19.1 Å². The van der Waals surface area contributed by atoms with Crippen molar-refractivity contribution in [2.24, 2.45) is 0 Å². The molecule has 18 heavy (non-hydrogen) atoms. The van der Waals surface area contributed by atoms with Crippen molar-refractivity contribution >= 4 is 6.29 Å². The van der Waals surface area contributed by atoms with Crippen LogP contribution in [0.3, 0.4) is 0 Å². The summed E-state index contributed by atoms with van der Waals surface area (Å²) >= 11 is 0. The number of aldehydes is 1. The van der Waals surface area contributed by atoms with Gasteiger partial charge in [0.05, 0.1) is 18.4 Å². The number of aromatic amines is 1. The molecule has 2 heterocycles. The molecule has 8 heteroatoms. The molecule has 0 spiro atoms. The van der Waals surface area contributed by atoms with E-state index in [0.717, 1.165) is 10.6 Å². The molecule has 0 unspecified atom stereocenters. The van der Waals surface area contributed by atoms with Gasteiger partial charge in [0, 0.05) is 12.5 Å². The first-order chi connectivity index (χ1) is 8.56. The van der Waals surface area contributed by atoms with E-state index >= 15 is 0 Å². The quantitative estimate of drug-likeness (QED) is 0.537. The van der Waals surface area contributed by atoms with Crippen molar-refractivity contribution in [2.45, 2.75) is 24.9 Å². The number of nitrogens with one attached hydrogen (secondary N) is 1. The standard InChI is InChI=1S/C10H12N2O6/c13-3-5-1-8(16)11-10(17)12(5)9-2-6(15)7(4-14)18-9/h1,3,6-7,9,14-15H,2,4H2,(H,11,16,17)/t6-,7+,9+/m0/s1. The highest BCUT2D eigenvalue weighted by Crippen LogP contribution is 2.27. The second-order valence-electron chi connectivity index (χ2n) is 3.97. The Labute approximate surface area is 100 Å². The number of ether oxygens (including phenoxy) is 1. The van der Waals surface area contributed by atoms with E-state index in [-0.39, 0.29) is 12.1 Å². The molecule has 0 aromatic carbocycles. The lowest BCUT2D eigenvalue weighted by molar-refractivity contribution is -0.0463. The fraction of sp³-hybridized carbons (Fsp3) is 0.500. The Morgan fingerprint density at radius 2 is 2.28 bits per heavy atom. The number of hydrogen-bond donors (Lipinski definition) is 3. The van der Waals surface area contributed by atoms with Gasteiger partial charge < -0.3 is 14.9 Å². The third-order valence-electron chi connectivity index (χ3n) is 2.80. The topological polar surface area (TPSA) is 122 Å². The van der Waals surface area contributed by atoms with Gasteiger partial charge in [-0.2, -0.15) is 0 Å². The lowest BCUT2D eigenvalue weighted by Crippen LogP contribution is -2.35. The predicted molar refractivity (Wildman–Crippen MR) is 58.3 cm³/mol. The normalized spacial score (nSPS) is 27.3. The van der Waals surface area contributed by atoms with Gasteiger partial charge in [-0.1, -0.05) is 0 Å². The number of aliphatic hydroxyl groups excluding tert-OH is 2. The molecule has 0 amide bonds. The van der Waals surface area contributed by atoms with Gasteiger partial charge >= 0.3 is 5.69 Å². The van der Waals surface area contributed by atoms with E-state index in [2.05, 4.69) is 0 Å². The van der Waals surface area contributed by atoms with Crippen molar-refractivity contribution < 1.29 is 19.7 Å². The van der Waals surface area contributed by atoms with Crippen LogP contribution in [0.5, 0.6) is 0 Å². The van der Waals surface area contributed by atoms with E-state index in [4.69, 9.17) is 9.84 Å². The molecule has 1 aliphatic rings. The highest BCUT2D eigenvalue weighted by Gasteiger charge is 2.35. The average Bonchev–Trinajstić information content (AvgIpc) is 2.68. The number of aliphatic hydroxyl groups is 2. The van der Waals surface area contributed by atoms with Gasteiger partial charge in [-0.05, 0) is 0 Å². The molecule has 8 nitrogen and oxygen atoms in total. The molecule has 2 rings (SSSR count). The summed E-state index contributed by atoms with van der Waals surface area (Å²) in [6, 6.07) is 0.969. The summed E-state index contributed by atoms with van der Waals surface area (Å²) < 4.78 is 6.21. The first kappa shape index (κ1) is 12.7. The van der Waals surface area contributed by atoms with Crippen LogP contribution in [0.4, 0.5) is 0 Å². The number of carbonyl (C=O) groups is 1. The van der Waals surface area contributed by atoms with Crippen molar-refractivity contribution in [3.63, 3.8) is 0 Å². The number of aromatic nitrogens is 2. The molecule has 3 N–H and O–H groups in total. The predicted octanol–water partition coefficient (Wildman–Crippen LogP) is -2.01. The summed E-state index contributed by atoms with van der Waals surface area (Å²) in [7, 11) is 0. The minimum atomic E-state index is -0.932. The minimum absolute atomic E-state index is 0.0536. The highest BCUT2D eigenvalue weighted by atomic mass is 16.5. The number of rotatable bonds is 3. The van der Waals surface area contributed by atoms with Crippen LogP contribution in [0.15, 0.2) is 15.7 Å². The van der Waals surface area contributed by atoms with Crippen LogP contribution in [-0.2, 0) is 4.74 Å². The maximum absolute atomic E-state index is 11.6. The molecule has 0 bridgehead atoms. The third-order valence-corrected chi connectivity index (χ3v) is 2.80. The van der Waals surface area contributed by atoms with Crippen molar-refractivity contribution in [3.05, 3.63) is 32.6 Å². The van der Waals surface area contributed by atoms with Crippen molar-refractivity contribution in [3.8, 4) is 0 Å². The SMILES string of the molecule is O=Cc1cc(=O)[nH]c(=O)n1[C@H]1C[C@H](O)[C@@H](CO)O1. The smallest absolute Gasteiger partial charge is 0.331 e. The highest BCUT2D eigenvalue weighted by molar-refractivity contribution is 5.71. The summed E-state index contributed by atoms with van der Waals surface area (Å²) in [5.74, 6) is 0. The van der Waals surface area contributed by atoms with Gasteiger partial charge in [0.15, 0.2) is 6.29 Å². The molecular formula is C10H12N2O6. The fourth-order valence-electron chi connectivity index (χ4n) is 1.95. The second kappa shape index (κ2) is 4.84. The summed E-state index contributed by atoms with van der Waals surface area (Å²) in [5.41, 5.74) is -1.62. The van der Waals surface area contributed by atoms with E-state index in [1.807, 2.05) is 4.98 Å². The Morgan fingerprint density at radius 3 is 2.83 bits per heavy atom. The summed E-state index contributed by atoms with van der Waals surface area (Å²) in [6.45, 7) is -0.397. The van der Waals surface area contributed by atoms with Crippen LogP contribution in [0.1, 0.15) is 23.1 Å². The van der Waals surface area contributed by atoms with Gasteiger partial charge in [0.25, 0.3) is 5.56 Å². The molecule has 1 aromatic heterocycles. The van der Waals surface area contributed by atoms with Gasteiger partial charge in [0.2, 0.25) is 0 Å². The van der Waals surface area contributed by atoms with Crippen molar-refractivity contribution in [1.29, 1.82) is 0 Å². The molecule has 0 radical (unpaired) electrons. The van der Waals surface area contributed by atoms with E-state index < -0.39 is 36.3 Å². The van der Waals surface area contributed by atoms with Crippen LogP contribution in [0.25, 0.3) is 0 Å². The zero-order chi connectivity index (χ0) is 13.3. The third kappa shape index (κ3) is 2.13. The van der Waals surface area contributed by atoms with Gasteiger partial charge in [-0.25, -0.2) is 4.79 Å². The Hall–Kier alpha value is -1.77. The van der Waals surface area contributed by atoms with Crippen LogP contribution in [0.2, 0.25) is 0 Å².